The van der Waals surface area contributed by atoms with Crippen molar-refractivity contribution in [2.45, 2.75) is 31.1 Å². The number of halogens is 1. The molecule has 2 N–H and O–H groups in total. The Morgan fingerprint density at radius 3 is 2.39 bits per heavy atom. The Kier molecular flexibility index (Phi) is 3.84. The summed E-state index contributed by atoms with van der Waals surface area (Å²) < 4.78 is 26.3. The van der Waals surface area contributed by atoms with Crippen molar-refractivity contribution in [1.82, 2.24) is 4.31 Å². The van der Waals surface area contributed by atoms with Crippen molar-refractivity contribution < 1.29 is 8.42 Å². The molecule has 100 valence electrons. The van der Waals surface area contributed by atoms with Gasteiger partial charge in [0.1, 0.15) is 0 Å². The van der Waals surface area contributed by atoms with Crippen molar-refractivity contribution in [3.05, 3.63) is 22.7 Å². The quantitative estimate of drug-likeness (QED) is 0.850. The van der Waals surface area contributed by atoms with Crippen LogP contribution >= 0.6 is 11.6 Å². The fourth-order valence-corrected chi connectivity index (χ4v) is 3.95. The van der Waals surface area contributed by atoms with Crippen LogP contribution in [0.5, 0.6) is 0 Å². The van der Waals surface area contributed by atoms with Crippen LogP contribution in [0.15, 0.2) is 17.0 Å². The lowest BCUT2D eigenvalue weighted by Gasteiger charge is -2.26. The monoisotopic (exact) mass is 288 g/mol. The van der Waals surface area contributed by atoms with Crippen LogP contribution in [-0.2, 0) is 10.0 Å². The maximum Gasteiger partial charge on any atom is 0.243 e. The predicted molar refractivity (Wildman–Crippen MR) is 73.2 cm³/mol. The molecule has 0 atom stereocenters. The molecule has 1 aliphatic rings. The van der Waals surface area contributed by atoms with E-state index in [9.17, 15) is 8.42 Å². The number of benzene rings is 1. The first-order chi connectivity index (χ1) is 8.43. The van der Waals surface area contributed by atoms with Gasteiger partial charge in [-0.25, -0.2) is 8.42 Å². The zero-order valence-corrected chi connectivity index (χ0v) is 11.9. The van der Waals surface area contributed by atoms with E-state index in [4.69, 9.17) is 17.3 Å². The summed E-state index contributed by atoms with van der Waals surface area (Å²) in [6, 6.07) is 2.97. The molecule has 1 aromatic carbocycles. The first kappa shape index (κ1) is 13.6. The molecule has 6 heteroatoms. The molecule has 2 rings (SSSR count). The van der Waals surface area contributed by atoms with E-state index >= 15 is 0 Å². The lowest BCUT2D eigenvalue weighted by Crippen LogP contribution is -2.35. The molecule has 0 spiro atoms. The van der Waals surface area contributed by atoms with Gasteiger partial charge in [-0.05, 0) is 37.5 Å². The summed E-state index contributed by atoms with van der Waals surface area (Å²) in [5, 5.41) is 0.394. The Hall–Kier alpha value is -0.780. The predicted octanol–water partition coefficient (Wildman–Crippen LogP) is 2.41. The molecule has 0 aliphatic carbocycles. The molecular weight excluding hydrogens is 272 g/mol. The summed E-state index contributed by atoms with van der Waals surface area (Å²) in [4.78, 5) is 0.192. The van der Waals surface area contributed by atoms with Crippen LogP contribution in [0, 0.1) is 6.92 Å². The van der Waals surface area contributed by atoms with Crippen molar-refractivity contribution >= 4 is 27.3 Å². The van der Waals surface area contributed by atoms with Gasteiger partial charge in [-0.1, -0.05) is 18.0 Å². The fourth-order valence-electron chi connectivity index (χ4n) is 2.08. The third-order valence-corrected chi connectivity index (χ3v) is 5.58. The minimum absolute atomic E-state index is 0.192. The first-order valence-electron chi connectivity index (χ1n) is 5.98. The number of sulfonamides is 1. The minimum Gasteiger partial charge on any atom is -0.398 e. The van der Waals surface area contributed by atoms with Gasteiger partial charge in [-0.2, -0.15) is 4.31 Å². The number of nitrogens with two attached hydrogens (primary N) is 1. The summed E-state index contributed by atoms with van der Waals surface area (Å²) >= 11 is 6.00. The van der Waals surface area contributed by atoms with E-state index in [0.717, 1.165) is 19.3 Å². The number of hydrogen-bond acceptors (Lipinski definition) is 3. The second-order valence-corrected chi connectivity index (χ2v) is 6.93. The topological polar surface area (TPSA) is 63.4 Å². The molecular formula is C12H17ClN2O2S. The third-order valence-electron chi connectivity index (χ3n) is 3.31. The highest BCUT2D eigenvalue weighted by Crippen LogP contribution is 2.28. The zero-order chi connectivity index (χ0) is 13.3. The van der Waals surface area contributed by atoms with E-state index in [1.54, 1.807) is 6.92 Å². The van der Waals surface area contributed by atoms with E-state index in [-0.39, 0.29) is 4.90 Å². The van der Waals surface area contributed by atoms with E-state index in [2.05, 4.69) is 0 Å². The molecule has 0 bridgehead atoms. The van der Waals surface area contributed by atoms with Crippen LogP contribution in [-0.4, -0.2) is 25.8 Å². The average molecular weight is 289 g/mol. The van der Waals surface area contributed by atoms with Crippen molar-refractivity contribution in [2.24, 2.45) is 0 Å². The summed E-state index contributed by atoms with van der Waals surface area (Å²) in [6.07, 6.45) is 2.91. The van der Waals surface area contributed by atoms with E-state index in [0.29, 0.717) is 29.4 Å². The molecule has 4 nitrogen and oxygen atoms in total. The van der Waals surface area contributed by atoms with Crippen LogP contribution in [0.2, 0.25) is 5.02 Å². The number of nitrogens with zero attached hydrogens (tertiary/aromatic N) is 1. The summed E-state index contributed by atoms with van der Waals surface area (Å²) in [7, 11) is -3.45. The van der Waals surface area contributed by atoms with Gasteiger partial charge in [0.2, 0.25) is 10.0 Å². The number of anilines is 1. The number of rotatable bonds is 2. The normalized spacial score (nSPS) is 17.9. The van der Waals surface area contributed by atoms with Gasteiger partial charge >= 0.3 is 0 Å². The highest BCUT2D eigenvalue weighted by molar-refractivity contribution is 7.89. The van der Waals surface area contributed by atoms with Crippen LogP contribution in [0.4, 0.5) is 5.69 Å². The van der Waals surface area contributed by atoms with Crippen molar-refractivity contribution in [3.8, 4) is 0 Å². The number of piperidine rings is 1. The van der Waals surface area contributed by atoms with Crippen LogP contribution in [0.25, 0.3) is 0 Å². The number of hydrogen-bond donors (Lipinski definition) is 1. The van der Waals surface area contributed by atoms with Gasteiger partial charge in [0.05, 0.1) is 4.90 Å². The second kappa shape index (κ2) is 5.07. The largest absolute Gasteiger partial charge is 0.398 e. The Labute approximate surface area is 113 Å². The van der Waals surface area contributed by atoms with E-state index in [1.807, 2.05) is 0 Å². The Morgan fingerprint density at radius 2 is 1.83 bits per heavy atom. The molecule has 1 aromatic rings. The Balaban J connectivity index is 2.41. The van der Waals surface area contributed by atoms with Crippen molar-refractivity contribution in [1.29, 1.82) is 0 Å². The van der Waals surface area contributed by atoms with E-state index in [1.165, 1.54) is 16.4 Å². The molecule has 0 saturated carbocycles. The highest BCUT2D eigenvalue weighted by atomic mass is 35.5. The van der Waals surface area contributed by atoms with Gasteiger partial charge < -0.3 is 5.73 Å². The SMILES string of the molecule is Cc1c(N)cc(S(=O)(=O)N2CCCCC2)cc1Cl. The molecule has 0 radical (unpaired) electrons. The molecule has 1 saturated heterocycles. The van der Waals surface area contributed by atoms with Gasteiger partial charge in [0.25, 0.3) is 0 Å². The van der Waals surface area contributed by atoms with Gasteiger partial charge in [-0.15, -0.1) is 0 Å². The first-order valence-corrected chi connectivity index (χ1v) is 7.80. The second-order valence-electron chi connectivity index (χ2n) is 4.58. The van der Waals surface area contributed by atoms with Gasteiger partial charge in [0.15, 0.2) is 0 Å². The molecule has 18 heavy (non-hydrogen) atoms. The lowest BCUT2D eigenvalue weighted by atomic mass is 10.2. The van der Waals surface area contributed by atoms with E-state index < -0.39 is 10.0 Å². The average Bonchev–Trinajstić information content (AvgIpc) is 2.36. The molecule has 1 heterocycles. The molecule has 1 fully saturated rings. The zero-order valence-electron chi connectivity index (χ0n) is 10.3. The van der Waals surface area contributed by atoms with Gasteiger partial charge in [-0.3, -0.25) is 0 Å². The smallest absolute Gasteiger partial charge is 0.243 e. The minimum atomic E-state index is -3.45. The maximum absolute atomic E-state index is 12.4. The number of nitrogen functional groups attached to an aromatic ring is 1. The third kappa shape index (κ3) is 2.48. The van der Waals surface area contributed by atoms with Gasteiger partial charge in [0, 0.05) is 23.8 Å². The molecule has 1 aliphatic heterocycles. The maximum atomic E-state index is 12.4. The Morgan fingerprint density at radius 1 is 1.22 bits per heavy atom. The van der Waals surface area contributed by atoms with Crippen LogP contribution in [0.3, 0.4) is 0 Å². The molecule has 0 unspecified atom stereocenters. The Bertz CT molecular complexity index is 528. The highest BCUT2D eigenvalue weighted by Gasteiger charge is 2.26. The molecule has 0 aromatic heterocycles. The van der Waals surface area contributed by atoms with Crippen LogP contribution in [0.1, 0.15) is 24.8 Å². The molecule has 0 amide bonds. The lowest BCUT2D eigenvalue weighted by molar-refractivity contribution is 0.346. The standard InChI is InChI=1S/C12H17ClN2O2S/c1-9-11(13)7-10(8-12(9)14)18(16,17)15-5-3-2-4-6-15/h7-8H,2-6,14H2,1H3. The summed E-state index contributed by atoms with van der Waals surface area (Å²) in [5.41, 5.74) is 6.91. The summed E-state index contributed by atoms with van der Waals surface area (Å²) in [6.45, 7) is 2.93. The van der Waals surface area contributed by atoms with Crippen molar-refractivity contribution in [2.75, 3.05) is 18.8 Å². The van der Waals surface area contributed by atoms with Crippen LogP contribution < -0.4 is 5.73 Å². The summed E-state index contributed by atoms with van der Waals surface area (Å²) in [5.74, 6) is 0. The fraction of sp³-hybridized carbons (Fsp3) is 0.500. The van der Waals surface area contributed by atoms with Crippen molar-refractivity contribution in [3.63, 3.8) is 0 Å².